The number of rotatable bonds is 43. The summed E-state index contributed by atoms with van der Waals surface area (Å²) in [6, 6.07) is -0.358. The molecule has 402 valence electrons. The van der Waals surface area contributed by atoms with Crippen molar-refractivity contribution in [2.45, 2.75) is 194 Å². The summed E-state index contributed by atoms with van der Waals surface area (Å²) in [4.78, 5) is 79.0. The lowest BCUT2D eigenvalue weighted by Gasteiger charge is -2.30. The second kappa shape index (κ2) is 37.6. The number of carbonyl (C=O) groups is 6. The normalized spacial score (nSPS) is 15.1. The molecule has 2 atom stereocenters. The molecule has 2 aliphatic heterocycles. The SMILES string of the molecule is CCCCCCCCC/C=C/CC(CC(=O)OCCN1CCNC1=O)C(=O)OCCOC(C)(C)CCOC(C)(C)CCOC(=O)C(C/C=C/CCCCCCCCC)CC(=O)OCCN1CCNC1=O. The molecule has 2 saturated heterocycles. The first kappa shape index (κ1) is 61.9. The van der Waals surface area contributed by atoms with Gasteiger partial charge >= 0.3 is 35.9 Å². The summed E-state index contributed by atoms with van der Waals surface area (Å²) in [5, 5.41) is 5.45. The quantitative estimate of drug-likeness (QED) is 0.0255. The third-order valence-corrected chi connectivity index (χ3v) is 12.7. The maximum absolute atomic E-state index is 13.3. The molecule has 0 radical (unpaired) electrons. The van der Waals surface area contributed by atoms with E-state index in [2.05, 4.69) is 36.6 Å². The van der Waals surface area contributed by atoms with Crippen molar-refractivity contribution in [2.75, 3.05) is 78.9 Å². The van der Waals surface area contributed by atoms with Crippen LogP contribution in [-0.2, 0) is 47.6 Å². The van der Waals surface area contributed by atoms with Gasteiger partial charge in [-0.2, -0.15) is 0 Å². The van der Waals surface area contributed by atoms with Crippen molar-refractivity contribution in [1.82, 2.24) is 20.4 Å². The van der Waals surface area contributed by atoms with E-state index in [-0.39, 0.29) is 57.9 Å². The van der Waals surface area contributed by atoms with Gasteiger partial charge in [0, 0.05) is 32.6 Å². The second-order valence-corrected chi connectivity index (χ2v) is 20.0. The van der Waals surface area contributed by atoms with Gasteiger partial charge in [-0.05, 0) is 72.6 Å². The molecule has 16 heteroatoms. The average molecular weight is 991 g/mol. The lowest BCUT2D eigenvalue weighted by Crippen LogP contribution is -2.33. The second-order valence-electron chi connectivity index (χ2n) is 20.0. The Hall–Kier alpha value is -4.18. The van der Waals surface area contributed by atoms with Crippen LogP contribution in [0.1, 0.15) is 183 Å². The molecule has 2 N–H and O–H groups in total. The fourth-order valence-corrected chi connectivity index (χ4v) is 8.04. The van der Waals surface area contributed by atoms with E-state index in [1.54, 1.807) is 9.80 Å². The number of carbonyl (C=O) groups excluding carboxylic acids is 6. The summed E-state index contributed by atoms with van der Waals surface area (Å²) < 4.78 is 34.5. The van der Waals surface area contributed by atoms with E-state index in [9.17, 15) is 28.8 Å². The standard InChI is InChI=1S/C54H94N4O12/c1-7-9-11-13-15-17-19-21-23-25-27-45(43-47(59)65-39-35-57-33-31-55-51(57)63)49(61)67-37-29-53(3,4)69-38-30-54(5,6)70-42-41-68-50(62)46(28-26-24-22-20-18-16-14-12-10-8-2)44-48(60)66-40-36-58-34-32-56-52(58)64/h23-26,45-46H,7-22,27-44H2,1-6H3,(H,55,63)(H,56,64)/b25-23+,26-24+. The first-order valence-corrected chi connectivity index (χ1v) is 26.9. The molecule has 0 aliphatic carbocycles. The van der Waals surface area contributed by atoms with Gasteiger partial charge in [0.15, 0.2) is 0 Å². The van der Waals surface area contributed by atoms with Gasteiger partial charge in [-0.25, -0.2) is 9.59 Å². The average Bonchev–Trinajstić information content (AvgIpc) is 3.93. The summed E-state index contributed by atoms with van der Waals surface area (Å²) in [6.07, 6.45) is 28.4. The maximum atomic E-state index is 13.3. The summed E-state index contributed by atoms with van der Waals surface area (Å²) in [6.45, 7) is 15.8. The molecule has 0 spiro atoms. The maximum Gasteiger partial charge on any atom is 0.317 e. The Morgan fingerprint density at radius 2 is 0.914 bits per heavy atom. The Morgan fingerprint density at radius 3 is 1.34 bits per heavy atom. The highest BCUT2D eigenvalue weighted by atomic mass is 16.6. The van der Waals surface area contributed by atoms with Crippen LogP contribution in [0, 0.1) is 11.8 Å². The van der Waals surface area contributed by atoms with Crippen molar-refractivity contribution in [3.8, 4) is 0 Å². The Balaban J connectivity index is 1.79. The van der Waals surface area contributed by atoms with Gasteiger partial charge in [0.2, 0.25) is 0 Å². The van der Waals surface area contributed by atoms with Crippen molar-refractivity contribution < 1.29 is 57.2 Å². The molecule has 2 fully saturated rings. The van der Waals surface area contributed by atoms with Gasteiger partial charge < -0.3 is 48.9 Å². The van der Waals surface area contributed by atoms with Gasteiger partial charge in [-0.1, -0.05) is 115 Å². The molecule has 0 aromatic heterocycles. The highest BCUT2D eigenvalue weighted by molar-refractivity contribution is 5.81. The Kier molecular flexibility index (Phi) is 33.3. The molecule has 4 amide bonds. The molecule has 2 unspecified atom stereocenters. The third-order valence-electron chi connectivity index (χ3n) is 12.7. The topological polar surface area (TPSA) is 188 Å². The zero-order valence-electron chi connectivity index (χ0n) is 44.3. The number of urea groups is 2. The molecular weight excluding hydrogens is 897 g/mol. The van der Waals surface area contributed by atoms with Crippen LogP contribution in [0.4, 0.5) is 9.59 Å². The first-order valence-electron chi connectivity index (χ1n) is 26.9. The zero-order valence-corrected chi connectivity index (χ0v) is 44.3. The fourth-order valence-electron chi connectivity index (χ4n) is 8.04. The number of nitrogens with one attached hydrogen (secondary N) is 2. The van der Waals surface area contributed by atoms with Crippen LogP contribution < -0.4 is 10.6 Å². The van der Waals surface area contributed by atoms with E-state index < -0.39 is 46.9 Å². The van der Waals surface area contributed by atoms with Gasteiger partial charge in [0.05, 0.1) is 68.8 Å². The number of hydrogen-bond acceptors (Lipinski definition) is 12. The number of esters is 4. The van der Waals surface area contributed by atoms with Crippen molar-refractivity contribution in [1.29, 1.82) is 0 Å². The Labute approximate surface area is 421 Å². The predicted molar refractivity (Wildman–Crippen MR) is 272 cm³/mol. The van der Waals surface area contributed by atoms with Crippen LogP contribution in [0.15, 0.2) is 24.3 Å². The smallest absolute Gasteiger partial charge is 0.317 e. The molecule has 16 nitrogen and oxygen atoms in total. The van der Waals surface area contributed by atoms with Gasteiger partial charge in [-0.3, -0.25) is 19.2 Å². The van der Waals surface area contributed by atoms with E-state index in [1.807, 2.05) is 39.8 Å². The van der Waals surface area contributed by atoms with Crippen molar-refractivity contribution >= 4 is 35.9 Å². The number of hydrogen-bond donors (Lipinski definition) is 2. The van der Waals surface area contributed by atoms with E-state index in [0.717, 1.165) is 25.7 Å². The van der Waals surface area contributed by atoms with Gasteiger partial charge in [-0.15, -0.1) is 0 Å². The van der Waals surface area contributed by atoms with Gasteiger partial charge in [0.1, 0.15) is 19.8 Å². The Bertz CT molecular complexity index is 1550. The van der Waals surface area contributed by atoms with E-state index in [1.165, 1.54) is 77.0 Å². The molecule has 0 bridgehead atoms. The Morgan fingerprint density at radius 1 is 0.514 bits per heavy atom. The number of ether oxygens (including phenoxy) is 6. The van der Waals surface area contributed by atoms with Crippen LogP contribution in [0.2, 0.25) is 0 Å². The van der Waals surface area contributed by atoms with Crippen LogP contribution in [0.5, 0.6) is 0 Å². The van der Waals surface area contributed by atoms with Crippen molar-refractivity contribution in [3.63, 3.8) is 0 Å². The molecule has 0 aromatic carbocycles. The minimum Gasteiger partial charge on any atom is -0.465 e. The molecule has 70 heavy (non-hydrogen) atoms. The third kappa shape index (κ3) is 30.5. The lowest BCUT2D eigenvalue weighted by molar-refractivity contribution is -0.158. The number of nitrogens with zero attached hydrogens (tertiary/aromatic N) is 2. The molecule has 2 rings (SSSR count). The number of amides is 4. The first-order chi connectivity index (χ1) is 33.7. The minimum absolute atomic E-state index is 0.0162. The van der Waals surface area contributed by atoms with Crippen molar-refractivity contribution in [3.05, 3.63) is 24.3 Å². The number of allylic oxidation sites excluding steroid dienone is 4. The van der Waals surface area contributed by atoms with E-state index in [0.29, 0.717) is 71.6 Å². The van der Waals surface area contributed by atoms with Gasteiger partial charge in [0.25, 0.3) is 0 Å². The van der Waals surface area contributed by atoms with Crippen molar-refractivity contribution in [2.24, 2.45) is 11.8 Å². The van der Waals surface area contributed by atoms with Crippen LogP contribution in [0.25, 0.3) is 0 Å². The summed E-state index contributed by atoms with van der Waals surface area (Å²) in [5.74, 6) is -3.37. The van der Waals surface area contributed by atoms with E-state index >= 15 is 0 Å². The highest BCUT2D eigenvalue weighted by Gasteiger charge is 2.28. The fraction of sp³-hybridized carbons (Fsp3) is 0.815. The van der Waals surface area contributed by atoms with Crippen LogP contribution in [0.3, 0.4) is 0 Å². The molecule has 0 saturated carbocycles. The van der Waals surface area contributed by atoms with Crippen LogP contribution >= 0.6 is 0 Å². The minimum atomic E-state index is -0.707. The number of unbranched alkanes of at least 4 members (excludes halogenated alkanes) is 14. The molecule has 0 aromatic rings. The highest BCUT2D eigenvalue weighted by Crippen LogP contribution is 2.22. The molecule has 2 aliphatic rings. The lowest BCUT2D eigenvalue weighted by atomic mass is 10.0. The monoisotopic (exact) mass is 991 g/mol. The predicted octanol–water partition coefficient (Wildman–Crippen LogP) is 9.77. The zero-order chi connectivity index (χ0) is 51.3. The summed E-state index contributed by atoms with van der Waals surface area (Å²) in [7, 11) is 0. The molecule has 2 heterocycles. The summed E-state index contributed by atoms with van der Waals surface area (Å²) in [5.41, 5.74) is -1.23. The molecular formula is C54H94N4O12. The largest absolute Gasteiger partial charge is 0.465 e. The summed E-state index contributed by atoms with van der Waals surface area (Å²) >= 11 is 0. The van der Waals surface area contributed by atoms with E-state index in [4.69, 9.17) is 28.4 Å². The van der Waals surface area contributed by atoms with Crippen LogP contribution in [-0.4, -0.2) is 136 Å².